The van der Waals surface area contributed by atoms with E-state index < -0.39 is 5.60 Å². The summed E-state index contributed by atoms with van der Waals surface area (Å²) in [5, 5.41) is 0. The number of hydrogen-bond acceptors (Lipinski definition) is 3. The van der Waals surface area contributed by atoms with E-state index in [9.17, 15) is 9.59 Å². The maximum Gasteiger partial charge on any atom is 0.261 e. The Balaban J connectivity index is 2.31. The number of methoxy groups -OCH3 is 1. The largest absolute Gasteiger partial charge is 0.377 e. The van der Waals surface area contributed by atoms with Crippen molar-refractivity contribution in [2.24, 2.45) is 0 Å². The topological polar surface area (TPSA) is 46.6 Å². The number of hydrogen-bond donors (Lipinski definition) is 0. The maximum absolute atomic E-state index is 12.1. The number of benzene rings is 1. The van der Waals surface area contributed by atoms with Gasteiger partial charge >= 0.3 is 0 Å². The Morgan fingerprint density at radius 1 is 1.12 bits per heavy atom. The van der Waals surface area contributed by atoms with E-state index in [1.807, 2.05) is 13.8 Å². The highest BCUT2D eigenvalue weighted by Crippen LogP contribution is 2.24. The molecule has 90 valence electrons. The van der Waals surface area contributed by atoms with Gasteiger partial charge in [-0.25, -0.2) is 0 Å². The number of carbonyl (C=O) groups is 2. The van der Waals surface area contributed by atoms with Gasteiger partial charge in [0.05, 0.1) is 23.3 Å². The van der Waals surface area contributed by atoms with Gasteiger partial charge in [-0.15, -0.1) is 0 Å². The first-order chi connectivity index (χ1) is 7.96. The van der Waals surface area contributed by atoms with Gasteiger partial charge in [-0.2, -0.15) is 0 Å². The molecule has 0 saturated carbocycles. The third-order valence-electron chi connectivity index (χ3n) is 2.97. The van der Waals surface area contributed by atoms with Crippen LogP contribution in [0.4, 0.5) is 0 Å². The van der Waals surface area contributed by atoms with Gasteiger partial charge in [-0.3, -0.25) is 14.5 Å². The molecule has 1 aliphatic heterocycles. The summed E-state index contributed by atoms with van der Waals surface area (Å²) in [6.45, 7) is 3.95. The molecule has 17 heavy (non-hydrogen) atoms. The Kier molecular flexibility index (Phi) is 2.75. The SMILES string of the molecule is COC(C)(C)CN1C(=O)c2ccccc2C1=O. The predicted molar refractivity (Wildman–Crippen MR) is 62.9 cm³/mol. The molecule has 1 aromatic rings. The van der Waals surface area contributed by atoms with Crippen LogP contribution in [-0.2, 0) is 4.74 Å². The van der Waals surface area contributed by atoms with Crippen molar-refractivity contribution in [3.05, 3.63) is 35.4 Å². The van der Waals surface area contributed by atoms with Crippen molar-refractivity contribution in [2.45, 2.75) is 19.4 Å². The lowest BCUT2D eigenvalue weighted by Gasteiger charge is -2.27. The molecule has 1 aliphatic rings. The Hall–Kier alpha value is -1.68. The molecule has 0 fully saturated rings. The van der Waals surface area contributed by atoms with Crippen molar-refractivity contribution >= 4 is 11.8 Å². The second-order valence-corrected chi connectivity index (χ2v) is 4.71. The second kappa shape index (κ2) is 3.96. The van der Waals surface area contributed by atoms with Gasteiger partial charge in [-0.1, -0.05) is 12.1 Å². The van der Waals surface area contributed by atoms with E-state index in [4.69, 9.17) is 4.74 Å². The lowest BCUT2D eigenvalue weighted by Crippen LogP contribution is -2.43. The van der Waals surface area contributed by atoms with Crippen molar-refractivity contribution < 1.29 is 14.3 Å². The lowest BCUT2D eigenvalue weighted by molar-refractivity contribution is -0.00155. The van der Waals surface area contributed by atoms with Crippen LogP contribution in [0.15, 0.2) is 24.3 Å². The van der Waals surface area contributed by atoms with Crippen LogP contribution >= 0.6 is 0 Å². The highest BCUT2D eigenvalue weighted by molar-refractivity contribution is 6.21. The number of ether oxygens (including phenoxy) is 1. The van der Waals surface area contributed by atoms with E-state index in [-0.39, 0.29) is 18.4 Å². The molecule has 2 amide bonds. The molecular weight excluding hydrogens is 218 g/mol. The summed E-state index contributed by atoms with van der Waals surface area (Å²) in [6, 6.07) is 6.87. The lowest BCUT2D eigenvalue weighted by atomic mass is 10.1. The first-order valence-electron chi connectivity index (χ1n) is 5.46. The summed E-state index contributed by atoms with van der Waals surface area (Å²) in [6.07, 6.45) is 0. The summed E-state index contributed by atoms with van der Waals surface area (Å²) in [7, 11) is 1.57. The number of imide groups is 1. The standard InChI is InChI=1S/C13H15NO3/c1-13(2,17-3)8-14-11(15)9-6-4-5-7-10(9)12(14)16/h4-7H,8H2,1-3H3. The molecule has 1 heterocycles. The monoisotopic (exact) mass is 233 g/mol. The fraction of sp³-hybridized carbons (Fsp3) is 0.385. The third-order valence-corrected chi connectivity index (χ3v) is 2.97. The molecular formula is C13H15NO3. The summed E-state index contributed by atoms with van der Waals surface area (Å²) in [5.74, 6) is -0.480. The van der Waals surface area contributed by atoms with Crippen molar-refractivity contribution in [1.29, 1.82) is 0 Å². The maximum atomic E-state index is 12.1. The Morgan fingerprint density at radius 3 is 2.00 bits per heavy atom. The zero-order valence-corrected chi connectivity index (χ0v) is 10.2. The van der Waals surface area contributed by atoms with E-state index in [0.717, 1.165) is 0 Å². The Morgan fingerprint density at radius 2 is 1.59 bits per heavy atom. The first-order valence-corrected chi connectivity index (χ1v) is 5.46. The van der Waals surface area contributed by atoms with Crippen LogP contribution in [0, 0.1) is 0 Å². The van der Waals surface area contributed by atoms with Crippen molar-refractivity contribution in [3.63, 3.8) is 0 Å². The number of amides is 2. The van der Waals surface area contributed by atoms with E-state index in [2.05, 4.69) is 0 Å². The van der Waals surface area contributed by atoms with Crippen LogP contribution in [0.2, 0.25) is 0 Å². The van der Waals surface area contributed by atoms with E-state index in [1.165, 1.54) is 4.90 Å². The molecule has 0 aliphatic carbocycles. The van der Waals surface area contributed by atoms with Gasteiger partial charge in [0.1, 0.15) is 0 Å². The van der Waals surface area contributed by atoms with Crippen molar-refractivity contribution in [3.8, 4) is 0 Å². The molecule has 4 nitrogen and oxygen atoms in total. The van der Waals surface area contributed by atoms with Crippen LogP contribution in [-0.4, -0.2) is 36.0 Å². The molecule has 0 unspecified atom stereocenters. The van der Waals surface area contributed by atoms with Crippen LogP contribution < -0.4 is 0 Å². The molecule has 0 saturated heterocycles. The van der Waals surface area contributed by atoms with Crippen LogP contribution in [0.1, 0.15) is 34.6 Å². The third kappa shape index (κ3) is 1.96. The summed E-state index contributed by atoms with van der Waals surface area (Å²) < 4.78 is 5.25. The molecule has 0 radical (unpaired) electrons. The Bertz CT molecular complexity index is 444. The van der Waals surface area contributed by atoms with Crippen LogP contribution in [0.25, 0.3) is 0 Å². The van der Waals surface area contributed by atoms with Gasteiger partial charge < -0.3 is 4.74 Å². The van der Waals surface area contributed by atoms with Crippen molar-refractivity contribution in [2.75, 3.05) is 13.7 Å². The highest BCUT2D eigenvalue weighted by atomic mass is 16.5. The minimum absolute atomic E-state index is 0.240. The fourth-order valence-electron chi connectivity index (χ4n) is 1.83. The minimum atomic E-state index is -0.534. The van der Waals surface area contributed by atoms with Gasteiger partial charge in [0.2, 0.25) is 0 Å². The molecule has 0 spiro atoms. The molecule has 2 rings (SSSR count). The van der Waals surface area contributed by atoms with Gasteiger partial charge in [0, 0.05) is 7.11 Å². The molecule has 0 aromatic heterocycles. The fourth-order valence-corrected chi connectivity index (χ4v) is 1.83. The minimum Gasteiger partial charge on any atom is -0.377 e. The van der Waals surface area contributed by atoms with E-state index in [1.54, 1.807) is 31.4 Å². The number of nitrogens with zero attached hydrogens (tertiary/aromatic N) is 1. The molecule has 0 atom stereocenters. The quantitative estimate of drug-likeness (QED) is 0.747. The van der Waals surface area contributed by atoms with Gasteiger partial charge in [0.25, 0.3) is 11.8 Å². The number of fused-ring (bicyclic) bond motifs is 1. The summed E-state index contributed by atoms with van der Waals surface area (Å²) in [4.78, 5) is 25.3. The van der Waals surface area contributed by atoms with Gasteiger partial charge in [-0.05, 0) is 26.0 Å². The smallest absolute Gasteiger partial charge is 0.261 e. The van der Waals surface area contributed by atoms with Crippen molar-refractivity contribution in [1.82, 2.24) is 4.90 Å². The highest BCUT2D eigenvalue weighted by Gasteiger charge is 2.38. The molecule has 0 N–H and O–H groups in total. The normalized spacial score (nSPS) is 15.4. The van der Waals surface area contributed by atoms with Crippen LogP contribution in [0.5, 0.6) is 0 Å². The van der Waals surface area contributed by atoms with Gasteiger partial charge in [0.15, 0.2) is 0 Å². The van der Waals surface area contributed by atoms with Crippen LogP contribution in [0.3, 0.4) is 0 Å². The number of rotatable bonds is 3. The molecule has 1 aromatic carbocycles. The molecule has 0 bridgehead atoms. The molecule has 4 heteroatoms. The zero-order valence-electron chi connectivity index (χ0n) is 10.2. The second-order valence-electron chi connectivity index (χ2n) is 4.71. The summed E-state index contributed by atoms with van der Waals surface area (Å²) in [5.41, 5.74) is 0.418. The average molecular weight is 233 g/mol. The number of carbonyl (C=O) groups excluding carboxylic acids is 2. The van der Waals surface area contributed by atoms with E-state index in [0.29, 0.717) is 11.1 Å². The zero-order chi connectivity index (χ0) is 12.6. The summed E-state index contributed by atoms with van der Waals surface area (Å²) >= 11 is 0. The Labute approximate surface area is 100 Å². The predicted octanol–water partition coefficient (Wildman–Crippen LogP) is 1.71. The first kappa shape index (κ1) is 11.8. The van der Waals surface area contributed by atoms with E-state index >= 15 is 0 Å². The average Bonchev–Trinajstić information content (AvgIpc) is 2.55.